The molecule has 26 heavy (non-hydrogen) atoms. The Kier molecular flexibility index (Phi) is 6.36. The molecule has 2 rings (SSSR count). The summed E-state index contributed by atoms with van der Waals surface area (Å²) >= 11 is 0. The second-order valence-electron chi connectivity index (χ2n) is 7.32. The Balaban J connectivity index is 2.15. The number of nitrogens with zero attached hydrogens (tertiary/aromatic N) is 2. The molecule has 0 saturated carbocycles. The number of fused-ring (bicyclic) bond motifs is 1. The maximum atomic E-state index is 12.7. The summed E-state index contributed by atoms with van der Waals surface area (Å²) in [7, 11) is -3.45. The Labute approximate surface area is 155 Å². The Bertz CT molecular complexity index is 859. The third-order valence-electron chi connectivity index (χ3n) is 3.79. The molecule has 1 atom stereocenters. The van der Waals surface area contributed by atoms with Gasteiger partial charge in [0.15, 0.2) is 9.84 Å². The molecule has 142 valence electrons. The van der Waals surface area contributed by atoms with Crippen LogP contribution in [0.3, 0.4) is 0 Å². The SMILES string of the molecule is CC[C@@H](CS(=O)(=O)Cc1cnc2ccccc2c1)N(C=O)OC(C)(C)C. The van der Waals surface area contributed by atoms with E-state index in [4.69, 9.17) is 4.84 Å². The Morgan fingerprint density at radius 3 is 2.58 bits per heavy atom. The molecule has 0 bridgehead atoms. The zero-order valence-electron chi connectivity index (χ0n) is 15.7. The molecule has 1 aromatic heterocycles. The number of benzene rings is 1. The third kappa shape index (κ3) is 5.78. The summed E-state index contributed by atoms with van der Waals surface area (Å²) in [5.41, 5.74) is 0.874. The molecule has 2 aromatic rings. The molecule has 0 saturated heterocycles. The smallest absolute Gasteiger partial charge is 0.233 e. The van der Waals surface area contributed by atoms with Crippen molar-refractivity contribution in [3.05, 3.63) is 42.1 Å². The van der Waals surface area contributed by atoms with E-state index in [1.807, 2.05) is 58.0 Å². The lowest BCUT2D eigenvalue weighted by Gasteiger charge is -2.32. The zero-order valence-corrected chi connectivity index (χ0v) is 16.5. The summed E-state index contributed by atoms with van der Waals surface area (Å²) in [5, 5.41) is 2.02. The van der Waals surface area contributed by atoms with Gasteiger partial charge in [0.05, 0.1) is 28.7 Å². The second kappa shape index (κ2) is 8.14. The van der Waals surface area contributed by atoms with Crippen LogP contribution in [0.1, 0.15) is 39.7 Å². The zero-order chi connectivity index (χ0) is 19.4. The van der Waals surface area contributed by atoms with Crippen molar-refractivity contribution in [1.82, 2.24) is 10.0 Å². The van der Waals surface area contributed by atoms with Crippen LogP contribution in [-0.2, 0) is 25.2 Å². The largest absolute Gasteiger partial charge is 0.276 e. The average molecular weight is 378 g/mol. The number of para-hydroxylation sites is 1. The van der Waals surface area contributed by atoms with Crippen LogP contribution in [0.4, 0.5) is 0 Å². The molecule has 0 aliphatic carbocycles. The van der Waals surface area contributed by atoms with Gasteiger partial charge in [-0.1, -0.05) is 25.1 Å². The minimum Gasteiger partial charge on any atom is -0.276 e. The van der Waals surface area contributed by atoms with E-state index in [-0.39, 0.29) is 11.5 Å². The Morgan fingerprint density at radius 1 is 1.27 bits per heavy atom. The van der Waals surface area contributed by atoms with Gasteiger partial charge in [-0.05, 0) is 44.9 Å². The van der Waals surface area contributed by atoms with E-state index in [9.17, 15) is 13.2 Å². The minimum atomic E-state index is -3.45. The molecule has 7 heteroatoms. The summed E-state index contributed by atoms with van der Waals surface area (Å²) in [6.07, 6.45) is 2.61. The van der Waals surface area contributed by atoms with Crippen molar-refractivity contribution in [2.75, 3.05) is 5.75 Å². The molecule has 1 heterocycles. The van der Waals surface area contributed by atoms with Gasteiger partial charge in [-0.15, -0.1) is 0 Å². The molecule has 0 radical (unpaired) electrons. The van der Waals surface area contributed by atoms with Gasteiger partial charge in [0.1, 0.15) is 0 Å². The molecule has 0 aliphatic heterocycles. The standard InChI is InChI=1S/C19H26N2O4S/c1-5-17(21(14-22)25-19(2,3)4)13-26(23,24)12-15-10-16-8-6-7-9-18(16)20-11-15/h6-11,14,17H,5,12-13H2,1-4H3/t17-/m0/s1. The number of carbonyl (C=O) groups excluding carboxylic acids is 1. The number of hydroxylamine groups is 2. The summed E-state index contributed by atoms with van der Waals surface area (Å²) in [5.74, 6) is -0.283. The highest BCUT2D eigenvalue weighted by atomic mass is 32.2. The van der Waals surface area contributed by atoms with Crippen molar-refractivity contribution in [2.24, 2.45) is 0 Å². The molecular formula is C19H26N2O4S. The molecule has 1 amide bonds. The lowest BCUT2D eigenvalue weighted by Crippen LogP contribution is -2.43. The van der Waals surface area contributed by atoms with Crippen molar-refractivity contribution < 1.29 is 18.0 Å². The summed E-state index contributed by atoms with van der Waals surface area (Å²) in [6.45, 7) is 7.27. The predicted octanol–water partition coefficient (Wildman–Crippen LogP) is 3.12. The lowest BCUT2D eigenvalue weighted by molar-refractivity contribution is -0.229. The fourth-order valence-electron chi connectivity index (χ4n) is 2.67. The molecule has 0 N–H and O–H groups in total. The minimum absolute atomic E-state index is 0.121. The van der Waals surface area contributed by atoms with Crippen LogP contribution in [0.25, 0.3) is 10.9 Å². The maximum Gasteiger partial charge on any atom is 0.233 e. The average Bonchev–Trinajstić information content (AvgIpc) is 2.56. The topological polar surface area (TPSA) is 76.6 Å². The van der Waals surface area contributed by atoms with Gasteiger partial charge in [0.25, 0.3) is 0 Å². The number of amides is 1. The number of pyridine rings is 1. The highest BCUT2D eigenvalue weighted by molar-refractivity contribution is 7.90. The van der Waals surface area contributed by atoms with Gasteiger partial charge >= 0.3 is 0 Å². The van der Waals surface area contributed by atoms with Crippen molar-refractivity contribution in [3.63, 3.8) is 0 Å². The first-order valence-electron chi connectivity index (χ1n) is 8.60. The van der Waals surface area contributed by atoms with E-state index in [0.717, 1.165) is 16.0 Å². The monoisotopic (exact) mass is 378 g/mol. The first kappa shape index (κ1) is 20.3. The van der Waals surface area contributed by atoms with Gasteiger partial charge in [-0.25, -0.2) is 13.5 Å². The Morgan fingerprint density at radius 2 is 1.96 bits per heavy atom. The number of sulfone groups is 1. The molecule has 1 aromatic carbocycles. The molecule has 0 unspecified atom stereocenters. The van der Waals surface area contributed by atoms with Crippen LogP contribution < -0.4 is 0 Å². The number of aromatic nitrogens is 1. The number of hydrogen-bond acceptors (Lipinski definition) is 5. The van der Waals surface area contributed by atoms with Crippen LogP contribution in [0.5, 0.6) is 0 Å². The summed E-state index contributed by atoms with van der Waals surface area (Å²) in [4.78, 5) is 21.3. The molecule has 0 aliphatic rings. The van der Waals surface area contributed by atoms with Gasteiger partial charge in [-0.3, -0.25) is 14.6 Å². The van der Waals surface area contributed by atoms with Crippen LogP contribution in [0, 0.1) is 0 Å². The van der Waals surface area contributed by atoms with E-state index in [1.54, 1.807) is 6.20 Å². The van der Waals surface area contributed by atoms with Crippen LogP contribution in [0.2, 0.25) is 0 Å². The Hall–Kier alpha value is -1.99. The first-order chi connectivity index (χ1) is 12.1. The fourth-order valence-corrected chi connectivity index (χ4v) is 4.42. The van der Waals surface area contributed by atoms with Crippen LogP contribution in [0.15, 0.2) is 36.5 Å². The van der Waals surface area contributed by atoms with Gasteiger partial charge in [0, 0.05) is 11.6 Å². The number of rotatable bonds is 8. The summed E-state index contributed by atoms with van der Waals surface area (Å²) < 4.78 is 25.3. The van der Waals surface area contributed by atoms with E-state index in [0.29, 0.717) is 18.4 Å². The van der Waals surface area contributed by atoms with E-state index in [2.05, 4.69) is 4.98 Å². The first-order valence-corrected chi connectivity index (χ1v) is 10.4. The van der Waals surface area contributed by atoms with Crippen LogP contribution >= 0.6 is 0 Å². The van der Waals surface area contributed by atoms with Crippen molar-refractivity contribution in [3.8, 4) is 0 Å². The maximum absolute atomic E-state index is 12.7. The fraction of sp³-hybridized carbons (Fsp3) is 0.474. The van der Waals surface area contributed by atoms with E-state index < -0.39 is 21.5 Å². The lowest BCUT2D eigenvalue weighted by atomic mass is 10.2. The molecule has 6 nitrogen and oxygen atoms in total. The number of carbonyl (C=O) groups is 1. The van der Waals surface area contributed by atoms with E-state index in [1.165, 1.54) is 0 Å². The van der Waals surface area contributed by atoms with E-state index >= 15 is 0 Å². The highest BCUT2D eigenvalue weighted by Crippen LogP contribution is 2.18. The second-order valence-corrected chi connectivity index (χ2v) is 9.43. The molecule has 0 fully saturated rings. The van der Waals surface area contributed by atoms with Crippen LogP contribution in [-0.4, -0.2) is 42.3 Å². The van der Waals surface area contributed by atoms with Gasteiger partial charge in [-0.2, -0.15) is 0 Å². The number of hydrogen-bond donors (Lipinski definition) is 0. The predicted molar refractivity (Wildman–Crippen MR) is 102 cm³/mol. The quantitative estimate of drug-likeness (QED) is 0.521. The molecule has 0 spiro atoms. The van der Waals surface area contributed by atoms with Crippen molar-refractivity contribution in [2.45, 2.75) is 51.5 Å². The van der Waals surface area contributed by atoms with Crippen molar-refractivity contribution >= 4 is 27.2 Å². The normalized spacial score (nSPS) is 13.5. The van der Waals surface area contributed by atoms with Gasteiger partial charge in [0.2, 0.25) is 6.41 Å². The molecular weight excluding hydrogens is 352 g/mol. The third-order valence-corrected chi connectivity index (χ3v) is 5.46. The van der Waals surface area contributed by atoms with Crippen molar-refractivity contribution in [1.29, 1.82) is 0 Å². The summed E-state index contributed by atoms with van der Waals surface area (Å²) in [6, 6.07) is 8.86. The van der Waals surface area contributed by atoms with Gasteiger partial charge < -0.3 is 0 Å². The highest BCUT2D eigenvalue weighted by Gasteiger charge is 2.27.